The van der Waals surface area contributed by atoms with Crippen LogP contribution in [0, 0.1) is 11.3 Å². The van der Waals surface area contributed by atoms with E-state index >= 15 is 0 Å². The number of hydrogen-bond donors (Lipinski definition) is 0. The molecule has 0 radical (unpaired) electrons. The number of alkyl halides is 3. The zero-order valence-corrected chi connectivity index (χ0v) is 9.89. The third kappa shape index (κ3) is 2.93. The number of carbonyl (C=O) groups is 1. The Hall–Kier alpha value is -1.74. The van der Waals surface area contributed by atoms with Crippen LogP contribution in [0.4, 0.5) is 13.2 Å². The highest BCUT2D eigenvalue weighted by atomic mass is 35.5. The molecule has 7 heteroatoms. The molecular weight excluding hydrogens is 271 g/mol. The highest BCUT2D eigenvalue weighted by Gasteiger charge is 2.37. The highest BCUT2D eigenvalue weighted by Crippen LogP contribution is 2.38. The predicted octanol–water partition coefficient (Wildman–Crippen LogP) is 2.95. The van der Waals surface area contributed by atoms with Gasteiger partial charge >= 0.3 is 12.1 Å². The lowest BCUT2D eigenvalue weighted by atomic mass is 10.0. The summed E-state index contributed by atoms with van der Waals surface area (Å²) in [6.45, 7) is 0. The van der Waals surface area contributed by atoms with Crippen molar-refractivity contribution in [2.24, 2.45) is 0 Å². The number of esters is 1. The molecule has 0 spiro atoms. The second kappa shape index (κ2) is 5.27. The van der Waals surface area contributed by atoms with Crippen molar-refractivity contribution in [2.45, 2.75) is 12.6 Å². The number of benzene rings is 1. The van der Waals surface area contributed by atoms with Crippen molar-refractivity contribution in [1.82, 2.24) is 0 Å². The molecule has 0 saturated heterocycles. The molecule has 18 heavy (non-hydrogen) atoms. The fourth-order valence-electron chi connectivity index (χ4n) is 1.35. The van der Waals surface area contributed by atoms with Crippen molar-refractivity contribution in [3.05, 3.63) is 33.8 Å². The lowest BCUT2D eigenvalue weighted by Crippen LogP contribution is -2.12. The lowest BCUT2D eigenvalue weighted by molar-refractivity contribution is -0.140. The molecular formula is C11H7ClF3NO2. The highest BCUT2D eigenvalue weighted by molar-refractivity contribution is 6.32. The van der Waals surface area contributed by atoms with E-state index in [1.54, 1.807) is 0 Å². The lowest BCUT2D eigenvalue weighted by Gasteiger charge is -2.13. The van der Waals surface area contributed by atoms with Crippen LogP contribution in [-0.4, -0.2) is 13.1 Å². The molecule has 0 bridgehead atoms. The number of rotatable bonds is 2. The summed E-state index contributed by atoms with van der Waals surface area (Å²) in [6.07, 6.45) is -5.14. The molecule has 0 saturated carbocycles. The van der Waals surface area contributed by atoms with Gasteiger partial charge in [0.25, 0.3) is 0 Å². The van der Waals surface area contributed by atoms with Crippen molar-refractivity contribution >= 4 is 17.6 Å². The van der Waals surface area contributed by atoms with Crippen LogP contribution in [0.1, 0.15) is 16.7 Å². The summed E-state index contributed by atoms with van der Waals surface area (Å²) in [5.41, 5.74) is -1.84. The molecule has 96 valence electrons. The number of halogens is 4. The van der Waals surface area contributed by atoms with Crippen molar-refractivity contribution < 1.29 is 22.7 Å². The van der Waals surface area contributed by atoms with E-state index in [0.717, 1.165) is 13.2 Å². The average Bonchev–Trinajstić information content (AvgIpc) is 2.29. The summed E-state index contributed by atoms with van der Waals surface area (Å²) in [5.74, 6) is -0.713. The summed E-state index contributed by atoms with van der Waals surface area (Å²) >= 11 is 5.60. The smallest absolute Gasteiger partial charge is 0.419 e. The average molecular weight is 278 g/mol. The quantitative estimate of drug-likeness (QED) is 0.781. The second-order valence-corrected chi connectivity index (χ2v) is 3.70. The van der Waals surface area contributed by atoms with E-state index < -0.39 is 28.3 Å². The molecule has 0 aliphatic heterocycles. The Labute approximate surface area is 106 Å². The maximum atomic E-state index is 12.7. The van der Waals surface area contributed by atoms with E-state index in [9.17, 15) is 18.0 Å². The first-order chi connectivity index (χ1) is 8.31. The third-order valence-corrected chi connectivity index (χ3v) is 2.62. The van der Waals surface area contributed by atoms with Gasteiger partial charge in [0.15, 0.2) is 0 Å². The van der Waals surface area contributed by atoms with Crippen LogP contribution >= 0.6 is 11.6 Å². The van der Waals surface area contributed by atoms with Crippen LogP contribution in [0.3, 0.4) is 0 Å². The van der Waals surface area contributed by atoms with Gasteiger partial charge in [0, 0.05) is 0 Å². The summed E-state index contributed by atoms with van der Waals surface area (Å²) in [5, 5.41) is 7.98. The number of nitrogens with zero attached hydrogens (tertiary/aromatic N) is 1. The van der Waals surface area contributed by atoms with Gasteiger partial charge in [-0.05, 0) is 11.6 Å². The third-order valence-electron chi connectivity index (χ3n) is 2.19. The van der Waals surface area contributed by atoms with Crippen LogP contribution in [0.15, 0.2) is 12.1 Å². The van der Waals surface area contributed by atoms with E-state index in [2.05, 4.69) is 4.74 Å². The summed E-state index contributed by atoms with van der Waals surface area (Å²) in [4.78, 5) is 11.0. The first-order valence-corrected chi connectivity index (χ1v) is 5.04. The number of methoxy groups -OCH3 is 1. The fraction of sp³-hybridized carbons (Fsp3) is 0.273. The number of ether oxygens (including phenoxy) is 1. The molecule has 0 unspecified atom stereocenters. The topological polar surface area (TPSA) is 50.1 Å². The van der Waals surface area contributed by atoms with Crippen molar-refractivity contribution in [2.75, 3.05) is 7.11 Å². The van der Waals surface area contributed by atoms with Gasteiger partial charge in [-0.1, -0.05) is 17.7 Å². The standard InChI is InChI=1S/C11H7ClF3NO2/c1-18-8(17)4-6-2-3-7(5-16)9(10(6)12)11(13,14)15/h2-3H,4H2,1H3. The first kappa shape index (κ1) is 14.3. The van der Waals surface area contributed by atoms with Crippen LogP contribution in [-0.2, 0) is 22.1 Å². The van der Waals surface area contributed by atoms with E-state index in [1.807, 2.05) is 0 Å². The zero-order chi connectivity index (χ0) is 13.9. The van der Waals surface area contributed by atoms with Gasteiger partial charge in [0.2, 0.25) is 0 Å². The Morgan fingerprint density at radius 2 is 2.11 bits per heavy atom. The van der Waals surface area contributed by atoms with Gasteiger partial charge in [-0.2, -0.15) is 18.4 Å². The monoisotopic (exact) mass is 277 g/mol. The minimum absolute atomic E-state index is 0.0326. The van der Waals surface area contributed by atoms with E-state index in [4.69, 9.17) is 16.9 Å². The molecule has 3 nitrogen and oxygen atoms in total. The molecule has 0 atom stereocenters. The first-order valence-electron chi connectivity index (χ1n) is 4.66. The molecule has 0 aliphatic rings. The molecule has 1 rings (SSSR count). The molecule has 1 aromatic carbocycles. The van der Waals surface area contributed by atoms with E-state index in [1.165, 1.54) is 12.1 Å². The molecule has 0 amide bonds. The van der Waals surface area contributed by atoms with Crippen LogP contribution in [0.5, 0.6) is 0 Å². The Morgan fingerprint density at radius 1 is 1.50 bits per heavy atom. The van der Waals surface area contributed by atoms with Crippen LogP contribution < -0.4 is 0 Å². The maximum Gasteiger partial charge on any atom is 0.419 e. The Kier molecular flexibility index (Phi) is 4.19. The number of hydrogen-bond acceptors (Lipinski definition) is 3. The predicted molar refractivity (Wildman–Crippen MR) is 56.9 cm³/mol. The summed E-state index contributed by atoms with van der Waals surface area (Å²) < 4.78 is 42.6. The van der Waals surface area contributed by atoms with Crippen molar-refractivity contribution in [3.8, 4) is 6.07 Å². The number of carbonyl (C=O) groups excluding carboxylic acids is 1. The minimum Gasteiger partial charge on any atom is -0.469 e. The molecule has 0 N–H and O–H groups in total. The van der Waals surface area contributed by atoms with Gasteiger partial charge in [0.05, 0.1) is 35.7 Å². The van der Waals surface area contributed by atoms with Gasteiger partial charge in [-0.3, -0.25) is 4.79 Å². The molecule has 0 heterocycles. The van der Waals surface area contributed by atoms with Gasteiger partial charge < -0.3 is 4.74 Å². The maximum absolute atomic E-state index is 12.7. The molecule has 0 aliphatic carbocycles. The molecule has 0 fully saturated rings. The summed E-state index contributed by atoms with van der Waals surface area (Å²) in [6, 6.07) is 3.60. The fourth-order valence-corrected chi connectivity index (χ4v) is 1.69. The molecule has 1 aromatic rings. The zero-order valence-electron chi connectivity index (χ0n) is 9.14. The second-order valence-electron chi connectivity index (χ2n) is 3.32. The van der Waals surface area contributed by atoms with Crippen LogP contribution in [0.25, 0.3) is 0 Å². The molecule has 0 aromatic heterocycles. The minimum atomic E-state index is -4.76. The number of nitriles is 1. The SMILES string of the molecule is COC(=O)Cc1ccc(C#N)c(C(F)(F)F)c1Cl. The normalized spacial score (nSPS) is 10.9. The van der Waals surface area contributed by atoms with E-state index in [-0.39, 0.29) is 12.0 Å². The van der Waals surface area contributed by atoms with Crippen molar-refractivity contribution in [1.29, 1.82) is 5.26 Å². The van der Waals surface area contributed by atoms with Gasteiger partial charge in [0.1, 0.15) is 0 Å². The summed E-state index contributed by atoms with van der Waals surface area (Å²) in [7, 11) is 1.12. The van der Waals surface area contributed by atoms with Gasteiger partial charge in [-0.25, -0.2) is 0 Å². The Morgan fingerprint density at radius 3 is 2.56 bits per heavy atom. The van der Waals surface area contributed by atoms with Gasteiger partial charge in [-0.15, -0.1) is 0 Å². The Balaban J connectivity index is 3.36. The van der Waals surface area contributed by atoms with E-state index in [0.29, 0.717) is 0 Å². The Bertz CT molecular complexity index is 520. The van der Waals surface area contributed by atoms with Crippen molar-refractivity contribution in [3.63, 3.8) is 0 Å². The van der Waals surface area contributed by atoms with Crippen LogP contribution in [0.2, 0.25) is 5.02 Å². The largest absolute Gasteiger partial charge is 0.469 e.